The highest BCUT2D eigenvalue weighted by Gasteiger charge is 2.35. The van der Waals surface area contributed by atoms with Gasteiger partial charge in [-0.3, -0.25) is 0 Å². The minimum Gasteiger partial charge on any atom is -0.494 e. The summed E-state index contributed by atoms with van der Waals surface area (Å²) in [6, 6.07) is 7.33. The summed E-state index contributed by atoms with van der Waals surface area (Å²) in [6.07, 6.45) is 3.12. The molecule has 0 fully saturated rings. The van der Waals surface area contributed by atoms with Gasteiger partial charge in [0, 0.05) is 5.70 Å². The third-order valence-corrected chi connectivity index (χ3v) is 4.18. The lowest BCUT2D eigenvalue weighted by Gasteiger charge is -2.29. The van der Waals surface area contributed by atoms with Crippen molar-refractivity contribution in [2.24, 2.45) is 0 Å². The molecule has 0 aliphatic carbocycles. The summed E-state index contributed by atoms with van der Waals surface area (Å²) in [5, 5.41) is 7.57. The number of nitrogens with one attached hydrogen (secondary N) is 1. The van der Waals surface area contributed by atoms with Crippen LogP contribution in [0, 0.1) is 0 Å². The van der Waals surface area contributed by atoms with Crippen LogP contribution < -0.4 is 10.1 Å². The topological polar surface area (TPSA) is 78.3 Å². The van der Waals surface area contributed by atoms with Crippen LogP contribution in [0.3, 0.4) is 0 Å². The van der Waals surface area contributed by atoms with E-state index in [1.165, 1.54) is 6.33 Å². The maximum atomic E-state index is 12.8. The molecule has 3 rings (SSSR count). The van der Waals surface area contributed by atoms with Crippen LogP contribution in [-0.2, 0) is 9.53 Å². The number of rotatable bonds is 7. The van der Waals surface area contributed by atoms with Crippen LogP contribution >= 0.6 is 0 Å². The molecule has 2 heterocycles. The molecule has 0 amide bonds. The van der Waals surface area contributed by atoms with Crippen LogP contribution in [0.5, 0.6) is 5.75 Å². The fourth-order valence-electron chi connectivity index (χ4n) is 3.13. The van der Waals surface area contributed by atoms with Gasteiger partial charge in [-0.2, -0.15) is 10.1 Å². The summed E-state index contributed by atoms with van der Waals surface area (Å²) in [4.78, 5) is 17.0. The van der Waals surface area contributed by atoms with Crippen molar-refractivity contribution in [2.45, 2.75) is 39.7 Å². The molecule has 2 aromatic rings. The number of allylic oxidation sites excluding steroid dienone is 1. The average Bonchev–Trinajstić information content (AvgIpc) is 3.10. The molecule has 1 N–H and O–H groups in total. The number of esters is 1. The Labute approximate surface area is 153 Å². The first-order chi connectivity index (χ1) is 12.7. The minimum absolute atomic E-state index is 0.321. The Morgan fingerprint density at radius 2 is 1.96 bits per heavy atom. The number of benzene rings is 1. The van der Waals surface area contributed by atoms with E-state index in [1.54, 1.807) is 11.6 Å². The van der Waals surface area contributed by atoms with Crippen LogP contribution in [0.25, 0.3) is 0 Å². The van der Waals surface area contributed by atoms with Crippen LogP contribution in [0.2, 0.25) is 0 Å². The standard InChI is InChI=1S/C19H24N4O3/c1-4-7-15-16(18(24)26-6-3)17(23-19(22-15)20-12-21-23)13-8-10-14(11-9-13)25-5-2/h8-12,17H,4-7H2,1-3H3,(H,20,21,22)/t17-/m0/s1. The fraction of sp³-hybridized carbons (Fsp3) is 0.421. The zero-order chi connectivity index (χ0) is 18.5. The first-order valence-electron chi connectivity index (χ1n) is 8.99. The molecular formula is C19H24N4O3. The summed E-state index contributed by atoms with van der Waals surface area (Å²) < 4.78 is 12.6. The zero-order valence-corrected chi connectivity index (χ0v) is 15.4. The first-order valence-corrected chi connectivity index (χ1v) is 8.99. The summed E-state index contributed by atoms with van der Waals surface area (Å²) in [5.41, 5.74) is 2.35. The van der Waals surface area contributed by atoms with Crippen LogP contribution in [0.4, 0.5) is 5.95 Å². The Kier molecular flexibility index (Phi) is 5.55. The van der Waals surface area contributed by atoms with E-state index in [9.17, 15) is 4.79 Å². The Bertz CT molecular complexity index is 795. The van der Waals surface area contributed by atoms with Crippen molar-refractivity contribution in [3.63, 3.8) is 0 Å². The van der Waals surface area contributed by atoms with E-state index in [0.717, 1.165) is 29.9 Å². The molecule has 0 saturated carbocycles. The predicted molar refractivity (Wildman–Crippen MR) is 98.0 cm³/mol. The largest absolute Gasteiger partial charge is 0.494 e. The molecule has 1 aliphatic rings. The van der Waals surface area contributed by atoms with Crippen molar-refractivity contribution in [1.82, 2.24) is 14.8 Å². The van der Waals surface area contributed by atoms with Crippen molar-refractivity contribution in [3.05, 3.63) is 47.4 Å². The number of fused-ring (bicyclic) bond motifs is 1. The van der Waals surface area contributed by atoms with Crippen molar-refractivity contribution < 1.29 is 14.3 Å². The Morgan fingerprint density at radius 1 is 1.19 bits per heavy atom. The van der Waals surface area contributed by atoms with E-state index >= 15 is 0 Å². The Balaban J connectivity index is 2.09. The van der Waals surface area contributed by atoms with Crippen molar-refractivity contribution in [1.29, 1.82) is 0 Å². The average molecular weight is 356 g/mol. The van der Waals surface area contributed by atoms with Crippen LogP contribution in [-0.4, -0.2) is 33.9 Å². The molecule has 1 atom stereocenters. The maximum absolute atomic E-state index is 12.8. The summed E-state index contributed by atoms with van der Waals surface area (Å²) in [6.45, 7) is 6.75. The lowest BCUT2D eigenvalue weighted by molar-refractivity contribution is -0.139. The number of carbonyl (C=O) groups is 1. The SMILES string of the molecule is CCCC1=C(C(=O)OCC)[C@H](c2ccc(OCC)cc2)n2ncnc2N1. The lowest BCUT2D eigenvalue weighted by atomic mass is 9.94. The molecule has 0 unspecified atom stereocenters. The van der Waals surface area contributed by atoms with Gasteiger partial charge in [-0.25, -0.2) is 9.48 Å². The van der Waals surface area contributed by atoms with Gasteiger partial charge in [0.2, 0.25) is 5.95 Å². The molecule has 0 bridgehead atoms. The predicted octanol–water partition coefficient (Wildman–Crippen LogP) is 3.31. The third-order valence-electron chi connectivity index (χ3n) is 4.18. The third kappa shape index (κ3) is 3.42. The second kappa shape index (κ2) is 8.03. The number of anilines is 1. The van der Waals surface area contributed by atoms with Gasteiger partial charge >= 0.3 is 5.97 Å². The second-order valence-electron chi connectivity index (χ2n) is 5.92. The summed E-state index contributed by atoms with van der Waals surface area (Å²) in [7, 11) is 0. The highest BCUT2D eigenvalue weighted by Crippen LogP contribution is 2.37. The molecule has 1 aromatic carbocycles. The smallest absolute Gasteiger partial charge is 0.338 e. The number of hydrogen-bond acceptors (Lipinski definition) is 6. The molecule has 7 heteroatoms. The number of carbonyl (C=O) groups excluding carboxylic acids is 1. The molecule has 7 nitrogen and oxygen atoms in total. The van der Waals surface area contributed by atoms with Crippen molar-refractivity contribution in [3.8, 4) is 5.75 Å². The van der Waals surface area contributed by atoms with Crippen molar-refractivity contribution in [2.75, 3.05) is 18.5 Å². The normalized spacial score (nSPS) is 16.0. The number of ether oxygens (including phenoxy) is 2. The van der Waals surface area contributed by atoms with Crippen LogP contribution in [0.15, 0.2) is 41.9 Å². The summed E-state index contributed by atoms with van der Waals surface area (Å²) in [5.74, 6) is 1.09. The number of nitrogens with zero attached hydrogens (tertiary/aromatic N) is 3. The highest BCUT2D eigenvalue weighted by atomic mass is 16.5. The molecule has 138 valence electrons. The molecule has 0 spiro atoms. The van der Waals surface area contributed by atoms with Gasteiger partial charge < -0.3 is 14.8 Å². The second-order valence-corrected chi connectivity index (χ2v) is 5.92. The zero-order valence-electron chi connectivity index (χ0n) is 15.4. The van der Waals surface area contributed by atoms with Gasteiger partial charge in [0.15, 0.2) is 0 Å². The van der Waals surface area contributed by atoms with E-state index in [1.807, 2.05) is 31.2 Å². The van der Waals surface area contributed by atoms with Crippen molar-refractivity contribution >= 4 is 11.9 Å². The summed E-state index contributed by atoms with van der Waals surface area (Å²) >= 11 is 0. The Hall–Kier alpha value is -2.83. The molecule has 0 radical (unpaired) electrons. The fourth-order valence-corrected chi connectivity index (χ4v) is 3.13. The quantitative estimate of drug-likeness (QED) is 0.767. The molecule has 1 aliphatic heterocycles. The molecule has 0 saturated heterocycles. The monoisotopic (exact) mass is 356 g/mol. The van der Waals surface area contributed by atoms with Gasteiger partial charge in [0.05, 0.1) is 18.8 Å². The number of hydrogen-bond donors (Lipinski definition) is 1. The highest BCUT2D eigenvalue weighted by molar-refractivity contribution is 5.92. The van der Waals surface area contributed by atoms with E-state index < -0.39 is 0 Å². The molecular weight excluding hydrogens is 332 g/mol. The molecule has 1 aromatic heterocycles. The lowest BCUT2D eigenvalue weighted by Crippen LogP contribution is -2.30. The Morgan fingerprint density at radius 3 is 2.62 bits per heavy atom. The maximum Gasteiger partial charge on any atom is 0.338 e. The van der Waals surface area contributed by atoms with Gasteiger partial charge in [-0.15, -0.1) is 0 Å². The number of aromatic nitrogens is 3. The van der Waals surface area contributed by atoms with E-state index in [4.69, 9.17) is 9.47 Å². The molecule has 26 heavy (non-hydrogen) atoms. The first kappa shape index (κ1) is 18.0. The van der Waals surface area contributed by atoms with Crippen LogP contribution in [0.1, 0.15) is 45.2 Å². The van der Waals surface area contributed by atoms with E-state index in [0.29, 0.717) is 24.7 Å². The van der Waals surface area contributed by atoms with Gasteiger partial charge in [-0.1, -0.05) is 25.5 Å². The minimum atomic E-state index is -0.384. The van der Waals surface area contributed by atoms with Gasteiger partial charge in [0.1, 0.15) is 18.1 Å². The van der Waals surface area contributed by atoms with Gasteiger partial charge in [-0.05, 0) is 38.0 Å². The van der Waals surface area contributed by atoms with E-state index in [-0.39, 0.29) is 12.0 Å². The van der Waals surface area contributed by atoms with Gasteiger partial charge in [0.25, 0.3) is 0 Å². The van der Waals surface area contributed by atoms with E-state index in [2.05, 4.69) is 22.3 Å².